The first kappa shape index (κ1) is 10.9. The molecule has 0 radical (unpaired) electrons. The number of carboxylic acids is 2. The van der Waals surface area contributed by atoms with Gasteiger partial charge in [-0.25, -0.2) is 9.59 Å². The van der Waals surface area contributed by atoms with Gasteiger partial charge in [-0.1, -0.05) is 13.8 Å². The van der Waals surface area contributed by atoms with Gasteiger partial charge in [-0.2, -0.15) is 0 Å². The highest BCUT2D eigenvalue weighted by Crippen LogP contribution is 2.24. The molecule has 0 amide bonds. The van der Waals surface area contributed by atoms with Gasteiger partial charge in [-0.3, -0.25) is 0 Å². The van der Waals surface area contributed by atoms with Crippen LogP contribution in [0.3, 0.4) is 0 Å². The molecule has 1 rings (SSSR count). The fourth-order valence-corrected chi connectivity index (χ4v) is 1.15. The van der Waals surface area contributed by atoms with Crippen molar-refractivity contribution in [2.24, 2.45) is 5.92 Å². The summed E-state index contributed by atoms with van der Waals surface area (Å²) in [4.78, 5) is 21.2. The predicted octanol–water partition coefficient (Wildman–Crippen LogP) is -0.0783. The summed E-state index contributed by atoms with van der Waals surface area (Å²) in [5.41, 5.74) is 0. The molecule has 14 heavy (non-hydrogen) atoms. The van der Waals surface area contributed by atoms with E-state index < -0.39 is 30.4 Å². The van der Waals surface area contributed by atoms with Crippen molar-refractivity contribution in [3.63, 3.8) is 0 Å². The van der Waals surface area contributed by atoms with Crippen LogP contribution < -0.4 is 0 Å². The number of aliphatic carboxylic acids is 2. The van der Waals surface area contributed by atoms with Crippen molar-refractivity contribution in [2.45, 2.75) is 32.3 Å². The predicted molar refractivity (Wildman–Crippen MR) is 43.6 cm³/mol. The third kappa shape index (κ3) is 2.02. The van der Waals surface area contributed by atoms with Crippen molar-refractivity contribution in [1.29, 1.82) is 0 Å². The second-order valence-corrected chi connectivity index (χ2v) is 3.40. The van der Waals surface area contributed by atoms with Crippen LogP contribution in [-0.4, -0.2) is 40.6 Å². The first-order valence-electron chi connectivity index (χ1n) is 4.20. The first-order valence-corrected chi connectivity index (χ1v) is 4.20. The molecule has 0 spiro atoms. The van der Waals surface area contributed by atoms with Crippen molar-refractivity contribution in [3.8, 4) is 0 Å². The van der Waals surface area contributed by atoms with E-state index >= 15 is 0 Å². The Balaban J connectivity index is 2.75. The largest absolute Gasteiger partial charge is 0.479 e. The van der Waals surface area contributed by atoms with Gasteiger partial charge >= 0.3 is 11.9 Å². The fourth-order valence-electron chi connectivity index (χ4n) is 1.15. The van der Waals surface area contributed by atoms with Crippen LogP contribution in [0, 0.1) is 5.92 Å². The van der Waals surface area contributed by atoms with Crippen LogP contribution in [0.15, 0.2) is 0 Å². The minimum absolute atomic E-state index is 0.0822. The molecule has 0 bridgehead atoms. The van der Waals surface area contributed by atoms with Crippen molar-refractivity contribution < 1.29 is 29.3 Å². The maximum absolute atomic E-state index is 10.6. The van der Waals surface area contributed by atoms with E-state index in [4.69, 9.17) is 19.7 Å². The van der Waals surface area contributed by atoms with Crippen LogP contribution in [-0.2, 0) is 19.1 Å². The van der Waals surface area contributed by atoms with E-state index in [9.17, 15) is 9.59 Å². The van der Waals surface area contributed by atoms with Crippen molar-refractivity contribution in [2.75, 3.05) is 0 Å². The molecule has 0 aromatic carbocycles. The molecule has 1 heterocycles. The molecule has 1 aliphatic heterocycles. The number of carboxylic acid groups (broad SMARTS) is 2. The molecule has 1 aliphatic rings. The van der Waals surface area contributed by atoms with E-state index in [1.165, 1.54) is 0 Å². The Labute approximate surface area is 80.4 Å². The number of ether oxygens (including phenoxy) is 2. The van der Waals surface area contributed by atoms with Crippen LogP contribution in [0.4, 0.5) is 0 Å². The molecular weight excluding hydrogens is 192 g/mol. The molecule has 0 aliphatic carbocycles. The lowest BCUT2D eigenvalue weighted by molar-refractivity contribution is -0.156. The third-order valence-electron chi connectivity index (χ3n) is 1.87. The Hall–Kier alpha value is -1.14. The van der Waals surface area contributed by atoms with E-state index in [1.54, 1.807) is 13.8 Å². The standard InChI is InChI=1S/C8H12O6/c1-3(2)8-13-4(6(9)10)5(14-8)7(11)12/h3-5,8H,1-2H3,(H,9,10)(H,11,12)/t4-,5-/m1/s1. The molecule has 1 saturated heterocycles. The van der Waals surface area contributed by atoms with Crippen molar-refractivity contribution in [3.05, 3.63) is 0 Å². The van der Waals surface area contributed by atoms with Gasteiger partial charge in [0, 0.05) is 5.92 Å². The minimum atomic E-state index is -1.42. The average molecular weight is 204 g/mol. The fraction of sp³-hybridized carbons (Fsp3) is 0.750. The summed E-state index contributed by atoms with van der Waals surface area (Å²) in [6.45, 7) is 3.52. The lowest BCUT2D eigenvalue weighted by Gasteiger charge is -2.12. The Morgan fingerprint density at radius 1 is 1.07 bits per heavy atom. The van der Waals surface area contributed by atoms with Gasteiger partial charge in [-0.05, 0) is 0 Å². The highest BCUT2D eigenvalue weighted by atomic mass is 16.7. The highest BCUT2D eigenvalue weighted by molar-refractivity contribution is 5.84. The Morgan fingerprint density at radius 2 is 1.43 bits per heavy atom. The second kappa shape index (κ2) is 3.93. The van der Waals surface area contributed by atoms with Gasteiger partial charge in [-0.15, -0.1) is 0 Å². The molecule has 1 fully saturated rings. The number of hydrogen-bond acceptors (Lipinski definition) is 4. The summed E-state index contributed by atoms with van der Waals surface area (Å²) in [7, 11) is 0. The van der Waals surface area contributed by atoms with Gasteiger partial charge < -0.3 is 19.7 Å². The first-order chi connectivity index (χ1) is 6.43. The maximum atomic E-state index is 10.6. The third-order valence-corrected chi connectivity index (χ3v) is 1.87. The summed E-state index contributed by atoms with van der Waals surface area (Å²) in [5.74, 6) is -2.72. The summed E-state index contributed by atoms with van der Waals surface area (Å²) in [6, 6.07) is 0. The number of carbonyl (C=O) groups is 2. The molecule has 2 atom stereocenters. The molecule has 0 aromatic rings. The zero-order valence-corrected chi connectivity index (χ0v) is 7.84. The molecule has 0 aromatic heterocycles. The minimum Gasteiger partial charge on any atom is -0.479 e. The van der Waals surface area contributed by atoms with Gasteiger partial charge in [0.25, 0.3) is 0 Å². The van der Waals surface area contributed by atoms with E-state index in [0.29, 0.717) is 0 Å². The van der Waals surface area contributed by atoms with Crippen LogP contribution >= 0.6 is 0 Å². The topological polar surface area (TPSA) is 93.1 Å². The van der Waals surface area contributed by atoms with Gasteiger partial charge in [0.15, 0.2) is 18.5 Å². The summed E-state index contributed by atoms with van der Waals surface area (Å²) in [6.07, 6.45) is -3.60. The number of rotatable bonds is 3. The SMILES string of the molecule is CC(C)C1O[C@@H](C(=O)O)[C@H](C(=O)O)O1. The monoisotopic (exact) mass is 204 g/mol. The van der Waals surface area contributed by atoms with Gasteiger partial charge in [0.2, 0.25) is 0 Å². The molecule has 80 valence electrons. The molecule has 6 heteroatoms. The van der Waals surface area contributed by atoms with E-state index in [-0.39, 0.29) is 5.92 Å². The Morgan fingerprint density at radius 3 is 1.64 bits per heavy atom. The second-order valence-electron chi connectivity index (χ2n) is 3.40. The van der Waals surface area contributed by atoms with Crippen LogP contribution in [0.5, 0.6) is 0 Å². The molecule has 2 N–H and O–H groups in total. The van der Waals surface area contributed by atoms with E-state index in [1.807, 2.05) is 0 Å². The highest BCUT2D eigenvalue weighted by Gasteiger charge is 2.46. The molecule has 0 unspecified atom stereocenters. The van der Waals surface area contributed by atoms with Crippen LogP contribution in [0.2, 0.25) is 0 Å². The average Bonchev–Trinajstić information content (AvgIpc) is 2.47. The zero-order chi connectivity index (χ0) is 10.9. The van der Waals surface area contributed by atoms with Crippen molar-refractivity contribution in [1.82, 2.24) is 0 Å². The quantitative estimate of drug-likeness (QED) is 0.668. The zero-order valence-electron chi connectivity index (χ0n) is 7.84. The molecule has 6 nitrogen and oxygen atoms in total. The number of hydrogen-bond donors (Lipinski definition) is 2. The van der Waals surface area contributed by atoms with Crippen LogP contribution in [0.1, 0.15) is 13.8 Å². The van der Waals surface area contributed by atoms with E-state index in [2.05, 4.69) is 0 Å². The summed E-state index contributed by atoms with van der Waals surface area (Å²) in [5, 5.41) is 17.3. The lowest BCUT2D eigenvalue weighted by atomic mass is 10.2. The van der Waals surface area contributed by atoms with Gasteiger partial charge in [0.05, 0.1) is 0 Å². The summed E-state index contributed by atoms with van der Waals surface area (Å²) < 4.78 is 9.91. The Bertz CT molecular complexity index is 226. The van der Waals surface area contributed by atoms with Crippen molar-refractivity contribution >= 4 is 11.9 Å². The van der Waals surface area contributed by atoms with E-state index in [0.717, 1.165) is 0 Å². The Kier molecular flexibility index (Phi) is 3.07. The maximum Gasteiger partial charge on any atom is 0.336 e. The molecule has 0 saturated carbocycles. The normalized spacial score (nSPS) is 28.2. The lowest BCUT2D eigenvalue weighted by Crippen LogP contribution is -2.36. The van der Waals surface area contributed by atoms with Crippen LogP contribution in [0.25, 0.3) is 0 Å². The smallest absolute Gasteiger partial charge is 0.336 e. The molecular formula is C8H12O6. The van der Waals surface area contributed by atoms with Gasteiger partial charge in [0.1, 0.15) is 0 Å². The summed E-state index contributed by atoms with van der Waals surface area (Å²) >= 11 is 0.